The van der Waals surface area contributed by atoms with E-state index < -0.39 is 0 Å². The standard InChI is InChI=1S/C17H26N2/c1-10-7-12-13(8-11(10)2)19-15-14(18-12)16(3,4)9-17(15,5)6/h7-8,14-15,18-19H,9H2,1-6H3/t14-,15+. The first-order valence-electron chi connectivity index (χ1n) is 7.35. The van der Waals surface area contributed by atoms with Gasteiger partial charge in [0.15, 0.2) is 0 Å². The lowest BCUT2D eigenvalue weighted by atomic mass is 9.83. The smallest absolute Gasteiger partial charge is 0.0582 e. The van der Waals surface area contributed by atoms with E-state index in [1.54, 1.807) is 0 Å². The highest BCUT2D eigenvalue weighted by Crippen LogP contribution is 2.53. The topological polar surface area (TPSA) is 24.1 Å². The molecule has 2 atom stereocenters. The molecule has 0 radical (unpaired) electrons. The van der Waals surface area contributed by atoms with Crippen LogP contribution in [-0.4, -0.2) is 12.1 Å². The number of hydrogen-bond donors (Lipinski definition) is 2. The Kier molecular flexibility index (Phi) is 2.49. The van der Waals surface area contributed by atoms with Crippen LogP contribution >= 0.6 is 0 Å². The molecule has 1 aromatic rings. The number of nitrogens with one attached hydrogen (secondary N) is 2. The van der Waals surface area contributed by atoms with E-state index in [0.29, 0.717) is 22.9 Å². The van der Waals surface area contributed by atoms with Crippen molar-refractivity contribution in [2.75, 3.05) is 10.6 Å². The van der Waals surface area contributed by atoms with Gasteiger partial charge in [-0.05, 0) is 54.4 Å². The molecule has 1 aromatic carbocycles. The van der Waals surface area contributed by atoms with Gasteiger partial charge in [0.1, 0.15) is 0 Å². The molecule has 0 bridgehead atoms. The van der Waals surface area contributed by atoms with Crippen molar-refractivity contribution in [1.82, 2.24) is 0 Å². The van der Waals surface area contributed by atoms with E-state index in [4.69, 9.17) is 0 Å². The van der Waals surface area contributed by atoms with E-state index in [1.165, 1.54) is 28.9 Å². The summed E-state index contributed by atoms with van der Waals surface area (Å²) in [6, 6.07) is 5.60. The largest absolute Gasteiger partial charge is 0.378 e. The Balaban J connectivity index is 2.05. The van der Waals surface area contributed by atoms with Crippen LogP contribution in [0, 0.1) is 24.7 Å². The quantitative estimate of drug-likeness (QED) is 0.723. The van der Waals surface area contributed by atoms with Crippen LogP contribution in [0.15, 0.2) is 12.1 Å². The van der Waals surface area contributed by atoms with Crippen molar-refractivity contribution in [3.63, 3.8) is 0 Å². The summed E-state index contributed by atoms with van der Waals surface area (Å²) in [7, 11) is 0. The third kappa shape index (κ3) is 1.84. The van der Waals surface area contributed by atoms with E-state index in [-0.39, 0.29) is 0 Å². The van der Waals surface area contributed by atoms with Crippen molar-refractivity contribution in [2.24, 2.45) is 10.8 Å². The van der Waals surface area contributed by atoms with Gasteiger partial charge in [0.05, 0.1) is 23.5 Å². The maximum atomic E-state index is 3.81. The van der Waals surface area contributed by atoms with Gasteiger partial charge in [0.25, 0.3) is 0 Å². The van der Waals surface area contributed by atoms with Crippen LogP contribution in [-0.2, 0) is 0 Å². The summed E-state index contributed by atoms with van der Waals surface area (Å²) in [5.74, 6) is 0. The van der Waals surface area contributed by atoms with Crippen LogP contribution in [0.25, 0.3) is 0 Å². The van der Waals surface area contributed by atoms with Gasteiger partial charge in [-0.3, -0.25) is 0 Å². The molecule has 1 aliphatic carbocycles. The van der Waals surface area contributed by atoms with Crippen LogP contribution in [0.4, 0.5) is 11.4 Å². The fourth-order valence-corrected chi connectivity index (χ4v) is 4.24. The van der Waals surface area contributed by atoms with Gasteiger partial charge in [-0.25, -0.2) is 0 Å². The van der Waals surface area contributed by atoms with Crippen molar-refractivity contribution in [3.8, 4) is 0 Å². The van der Waals surface area contributed by atoms with E-state index in [9.17, 15) is 0 Å². The third-order valence-corrected chi connectivity index (χ3v) is 5.18. The molecule has 0 spiro atoms. The van der Waals surface area contributed by atoms with Crippen LogP contribution in [0.1, 0.15) is 45.2 Å². The van der Waals surface area contributed by atoms with Crippen molar-refractivity contribution in [3.05, 3.63) is 23.3 Å². The zero-order chi connectivity index (χ0) is 14.0. The summed E-state index contributed by atoms with van der Waals surface area (Å²) >= 11 is 0. The molecule has 0 unspecified atom stereocenters. The predicted octanol–water partition coefficient (Wildman–Crippen LogP) is 4.33. The Morgan fingerprint density at radius 3 is 1.58 bits per heavy atom. The van der Waals surface area contributed by atoms with E-state index >= 15 is 0 Å². The molecule has 19 heavy (non-hydrogen) atoms. The van der Waals surface area contributed by atoms with Crippen LogP contribution in [0.2, 0.25) is 0 Å². The Hall–Kier alpha value is -1.18. The van der Waals surface area contributed by atoms with Gasteiger partial charge >= 0.3 is 0 Å². The molecule has 2 heteroatoms. The maximum absolute atomic E-state index is 3.81. The van der Waals surface area contributed by atoms with Crippen molar-refractivity contribution in [2.45, 2.75) is 60.0 Å². The summed E-state index contributed by atoms with van der Waals surface area (Å²) < 4.78 is 0. The fraction of sp³-hybridized carbons (Fsp3) is 0.647. The van der Waals surface area contributed by atoms with E-state index in [2.05, 4.69) is 64.3 Å². The molecule has 0 aromatic heterocycles. The highest BCUT2D eigenvalue weighted by atomic mass is 15.1. The zero-order valence-corrected chi connectivity index (χ0v) is 13.0. The minimum Gasteiger partial charge on any atom is -0.378 e. The monoisotopic (exact) mass is 258 g/mol. The fourth-order valence-electron chi connectivity index (χ4n) is 4.24. The molecule has 2 aliphatic rings. The highest BCUT2D eigenvalue weighted by Gasteiger charge is 2.54. The summed E-state index contributed by atoms with van der Waals surface area (Å²) in [5, 5.41) is 7.62. The number of hydrogen-bond acceptors (Lipinski definition) is 2. The number of rotatable bonds is 0. The molecule has 0 amide bonds. The Morgan fingerprint density at radius 1 is 0.842 bits per heavy atom. The summed E-state index contributed by atoms with van der Waals surface area (Å²) in [4.78, 5) is 0. The maximum Gasteiger partial charge on any atom is 0.0582 e. The van der Waals surface area contributed by atoms with Crippen molar-refractivity contribution in [1.29, 1.82) is 0 Å². The average molecular weight is 258 g/mol. The SMILES string of the molecule is Cc1cc2c(cc1C)N[C@H]1[C@@H](N2)C(C)(C)CC1(C)C. The normalized spacial score (nSPS) is 30.0. The molecule has 2 nitrogen and oxygen atoms in total. The van der Waals surface area contributed by atoms with Crippen LogP contribution in [0.5, 0.6) is 0 Å². The van der Waals surface area contributed by atoms with Gasteiger partial charge in [-0.15, -0.1) is 0 Å². The Labute approximate surface area is 117 Å². The van der Waals surface area contributed by atoms with Crippen molar-refractivity contribution < 1.29 is 0 Å². The summed E-state index contributed by atoms with van der Waals surface area (Å²) in [6.45, 7) is 13.9. The first kappa shape index (κ1) is 12.8. The third-order valence-electron chi connectivity index (χ3n) is 5.18. The summed E-state index contributed by atoms with van der Waals surface area (Å²) in [6.07, 6.45) is 1.25. The molecule has 1 fully saturated rings. The van der Waals surface area contributed by atoms with Crippen LogP contribution < -0.4 is 10.6 Å². The molecule has 1 aliphatic heterocycles. The lowest BCUT2D eigenvalue weighted by molar-refractivity contribution is 0.295. The molecular weight excluding hydrogens is 232 g/mol. The minimum atomic E-state index is 0.331. The second kappa shape index (κ2) is 3.68. The lowest BCUT2D eigenvalue weighted by Crippen LogP contribution is -2.49. The molecule has 1 saturated carbocycles. The highest BCUT2D eigenvalue weighted by molar-refractivity contribution is 5.74. The Bertz CT molecular complexity index is 481. The van der Waals surface area contributed by atoms with Gasteiger partial charge in [0.2, 0.25) is 0 Å². The summed E-state index contributed by atoms with van der Waals surface area (Å²) in [5.41, 5.74) is 5.93. The number of fused-ring (bicyclic) bond motifs is 2. The van der Waals surface area contributed by atoms with Crippen molar-refractivity contribution >= 4 is 11.4 Å². The molecule has 0 saturated heterocycles. The van der Waals surface area contributed by atoms with Gasteiger partial charge in [-0.1, -0.05) is 27.7 Å². The second-order valence-electron chi connectivity index (χ2n) is 7.88. The molecule has 3 rings (SSSR count). The molecular formula is C17H26N2. The van der Waals surface area contributed by atoms with Gasteiger partial charge in [-0.2, -0.15) is 0 Å². The first-order chi connectivity index (χ1) is 8.71. The minimum absolute atomic E-state index is 0.331. The lowest BCUT2D eigenvalue weighted by Gasteiger charge is -2.40. The molecule has 2 N–H and O–H groups in total. The number of anilines is 2. The van der Waals surface area contributed by atoms with Crippen LogP contribution in [0.3, 0.4) is 0 Å². The zero-order valence-electron chi connectivity index (χ0n) is 13.0. The van der Waals surface area contributed by atoms with E-state index in [1.807, 2.05) is 0 Å². The van der Waals surface area contributed by atoms with E-state index in [0.717, 1.165) is 0 Å². The average Bonchev–Trinajstić information content (AvgIpc) is 2.44. The first-order valence-corrected chi connectivity index (χ1v) is 7.35. The van der Waals surface area contributed by atoms with Gasteiger partial charge < -0.3 is 10.6 Å². The number of benzene rings is 1. The molecule has 104 valence electrons. The predicted molar refractivity (Wildman–Crippen MR) is 82.9 cm³/mol. The molecule has 1 heterocycles. The second-order valence-corrected chi connectivity index (χ2v) is 7.88. The Morgan fingerprint density at radius 2 is 1.21 bits per heavy atom. The van der Waals surface area contributed by atoms with Gasteiger partial charge in [0, 0.05) is 0 Å². The number of aryl methyl sites for hydroxylation is 2.